The van der Waals surface area contributed by atoms with Gasteiger partial charge in [-0.25, -0.2) is 4.39 Å². The third-order valence-electron chi connectivity index (χ3n) is 4.34. The van der Waals surface area contributed by atoms with Crippen molar-refractivity contribution >= 4 is 29.1 Å². The lowest BCUT2D eigenvalue weighted by Crippen LogP contribution is -2.39. The summed E-state index contributed by atoms with van der Waals surface area (Å²) in [6.45, 7) is 1.77. The summed E-state index contributed by atoms with van der Waals surface area (Å²) in [6.07, 6.45) is -0.0820. The minimum atomic E-state index is -1.16. The van der Waals surface area contributed by atoms with Gasteiger partial charge in [0.2, 0.25) is 5.91 Å². The van der Waals surface area contributed by atoms with E-state index in [1.54, 1.807) is 26.1 Å². The molecule has 1 fully saturated rings. The molecule has 1 amide bonds. The maximum Gasteiger partial charge on any atom is 0.249 e. The van der Waals surface area contributed by atoms with Crippen LogP contribution >= 0.6 is 23.2 Å². The fourth-order valence-electron chi connectivity index (χ4n) is 3.02. The van der Waals surface area contributed by atoms with Crippen molar-refractivity contribution < 1.29 is 14.3 Å². The van der Waals surface area contributed by atoms with Crippen molar-refractivity contribution in [2.75, 3.05) is 7.05 Å². The Hall–Kier alpha value is -2.17. The van der Waals surface area contributed by atoms with Crippen LogP contribution in [0.2, 0.25) is 10.0 Å². The molecule has 0 spiro atoms. The number of likely N-dealkylation sites (N-methyl/N-ethyl adjacent to an activating group) is 1. The first-order valence-electron chi connectivity index (χ1n) is 8.07. The number of aliphatic hydroxyl groups is 1. The van der Waals surface area contributed by atoms with E-state index in [4.69, 9.17) is 23.2 Å². The van der Waals surface area contributed by atoms with E-state index in [1.165, 1.54) is 22.2 Å². The topological polar surface area (TPSA) is 56.7 Å². The summed E-state index contributed by atoms with van der Waals surface area (Å²) in [4.78, 5) is 16.9. The van der Waals surface area contributed by atoms with Crippen LogP contribution in [0.3, 0.4) is 0 Å². The highest BCUT2D eigenvalue weighted by Gasteiger charge is 2.46. The Morgan fingerprint density at radius 1 is 1.30 bits per heavy atom. The number of carbonyl (C=O) groups is 1. The molecule has 1 N–H and O–H groups in total. The maximum atomic E-state index is 13.0. The molecule has 1 aliphatic rings. The fourth-order valence-corrected chi connectivity index (χ4v) is 3.74. The first-order valence-corrected chi connectivity index (χ1v) is 8.83. The number of amides is 1. The van der Waals surface area contributed by atoms with E-state index in [0.717, 1.165) is 6.20 Å². The van der Waals surface area contributed by atoms with E-state index in [9.17, 15) is 14.3 Å². The van der Waals surface area contributed by atoms with Gasteiger partial charge < -0.3 is 5.11 Å². The van der Waals surface area contributed by atoms with E-state index in [0.29, 0.717) is 16.8 Å². The van der Waals surface area contributed by atoms with Gasteiger partial charge in [-0.2, -0.15) is 5.01 Å². The number of halogens is 3. The lowest BCUT2D eigenvalue weighted by molar-refractivity contribution is -0.141. The molecule has 27 heavy (non-hydrogen) atoms. The van der Waals surface area contributed by atoms with Crippen LogP contribution in [0.4, 0.5) is 4.39 Å². The van der Waals surface area contributed by atoms with Crippen molar-refractivity contribution in [3.05, 3.63) is 63.1 Å². The molecule has 2 aromatic rings. The number of hydrogen-bond donors (Lipinski definition) is 1. The molecule has 5 nitrogen and oxygen atoms in total. The highest BCUT2D eigenvalue weighted by molar-refractivity contribution is 6.36. The summed E-state index contributed by atoms with van der Waals surface area (Å²) in [6, 6.07) is 5.97. The minimum Gasteiger partial charge on any atom is -0.376 e. The molecule has 140 valence electrons. The molecule has 3 rings (SSSR count). The van der Waals surface area contributed by atoms with Gasteiger partial charge in [-0.3, -0.25) is 14.8 Å². The zero-order valence-electron chi connectivity index (χ0n) is 14.6. The SMILES string of the molecule is CC#Cc1cc(Cl)c(C2C(=O)N(Cc3ccc(F)cn3)N(C)C2O)c(Cl)c1. The maximum absolute atomic E-state index is 13.0. The summed E-state index contributed by atoms with van der Waals surface area (Å²) < 4.78 is 13.0. The highest BCUT2D eigenvalue weighted by Crippen LogP contribution is 2.40. The van der Waals surface area contributed by atoms with Crippen LogP contribution in [-0.4, -0.2) is 39.3 Å². The van der Waals surface area contributed by atoms with Gasteiger partial charge in [0.25, 0.3) is 0 Å². The molecular formula is C19H16Cl2FN3O2. The van der Waals surface area contributed by atoms with Gasteiger partial charge in [0, 0.05) is 28.2 Å². The number of aliphatic hydroxyl groups excluding tert-OH is 1. The van der Waals surface area contributed by atoms with Gasteiger partial charge in [0.1, 0.15) is 18.0 Å². The van der Waals surface area contributed by atoms with E-state index >= 15 is 0 Å². The first kappa shape index (κ1) is 19.6. The third-order valence-corrected chi connectivity index (χ3v) is 4.97. The second-order valence-corrected chi connectivity index (χ2v) is 6.87. The summed E-state index contributed by atoms with van der Waals surface area (Å²) >= 11 is 12.7. The van der Waals surface area contributed by atoms with Crippen LogP contribution in [-0.2, 0) is 11.3 Å². The number of aromatic nitrogens is 1. The van der Waals surface area contributed by atoms with Crippen LogP contribution in [0.1, 0.15) is 29.7 Å². The Kier molecular flexibility index (Phi) is 5.68. The average Bonchev–Trinajstić information content (AvgIpc) is 2.81. The van der Waals surface area contributed by atoms with Gasteiger partial charge >= 0.3 is 0 Å². The second-order valence-electron chi connectivity index (χ2n) is 6.06. The van der Waals surface area contributed by atoms with E-state index in [1.807, 2.05) is 0 Å². The first-order chi connectivity index (χ1) is 12.8. The third kappa shape index (κ3) is 3.78. The molecule has 2 unspecified atom stereocenters. The monoisotopic (exact) mass is 407 g/mol. The quantitative estimate of drug-likeness (QED) is 0.793. The number of pyridine rings is 1. The van der Waals surface area contributed by atoms with Gasteiger partial charge in [-0.05, 0) is 31.2 Å². The summed E-state index contributed by atoms with van der Waals surface area (Å²) in [5.41, 5.74) is 1.45. The molecule has 2 atom stereocenters. The Morgan fingerprint density at radius 2 is 1.96 bits per heavy atom. The second kappa shape index (κ2) is 7.83. The lowest BCUT2D eigenvalue weighted by atomic mass is 9.96. The van der Waals surface area contributed by atoms with Gasteiger partial charge in [0.05, 0.1) is 18.4 Å². The van der Waals surface area contributed by atoms with Crippen molar-refractivity contribution in [2.45, 2.75) is 25.6 Å². The Balaban J connectivity index is 1.94. The van der Waals surface area contributed by atoms with Gasteiger partial charge in [-0.15, -0.1) is 5.92 Å². The van der Waals surface area contributed by atoms with Crippen molar-refractivity contribution in [1.29, 1.82) is 0 Å². The van der Waals surface area contributed by atoms with E-state index in [2.05, 4.69) is 16.8 Å². The largest absolute Gasteiger partial charge is 0.376 e. The fraction of sp³-hybridized carbons (Fsp3) is 0.263. The Bertz CT molecular complexity index is 917. The molecule has 1 aliphatic heterocycles. The summed E-state index contributed by atoms with van der Waals surface area (Å²) in [5, 5.41) is 13.9. The predicted molar refractivity (Wildman–Crippen MR) is 100 cm³/mol. The van der Waals surface area contributed by atoms with Crippen molar-refractivity contribution in [1.82, 2.24) is 15.0 Å². The molecule has 1 aromatic heterocycles. The van der Waals surface area contributed by atoms with E-state index < -0.39 is 18.0 Å². The molecule has 8 heteroatoms. The normalized spacial score (nSPS) is 19.9. The highest BCUT2D eigenvalue weighted by atomic mass is 35.5. The Morgan fingerprint density at radius 3 is 2.52 bits per heavy atom. The van der Waals surface area contributed by atoms with E-state index in [-0.39, 0.29) is 22.5 Å². The molecular weight excluding hydrogens is 392 g/mol. The number of carbonyl (C=O) groups excluding carboxylic acids is 1. The smallest absolute Gasteiger partial charge is 0.249 e. The number of benzene rings is 1. The molecule has 2 heterocycles. The molecule has 1 saturated heterocycles. The Labute approximate surface area is 166 Å². The molecule has 0 saturated carbocycles. The van der Waals surface area contributed by atoms with Crippen LogP contribution in [0.15, 0.2) is 30.5 Å². The molecule has 0 bridgehead atoms. The minimum absolute atomic E-state index is 0.0812. The zero-order chi connectivity index (χ0) is 19.7. The standard InChI is InChI=1S/C19H16Cl2FN3O2/c1-3-4-11-7-14(20)16(15(21)8-11)17-18(26)24(2)25(19(17)27)10-13-6-5-12(22)9-23-13/h5-9,17-18,26H,10H2,1-2H3. The van der Waals surface area contributed by atoms with Crippen LogP contribution < -0.4 is 0 Å². The molecule has 1 aromatic carbocycles. The number of hydrazine groups is 1. The molecule has 0 aliphatic carbocycles. The lowest BCUT2D eigenvalue weighted by Gasteiger charge is -2.25. The average molecular weight is 408 g/mol. The number of hydrogen-bond acceptors (Lipinski definition) is 4. The number of rotatable bonds is 3. The summed E-state index contributed by atoms with van der Waals surface area (Å²) in [7, 11) is 1.57. The van der Waals surface area contributed by atoms with Crippen molar-refractivity contribution in [2.24, 2.45) is 0 Å². The van der Waals surface area contributed by atoms with Gasteiger partial charge in [-0.1, -0.05) is 29.1 Å². The predicted octanol–water partition coefficient (Wildman–Crippen LogP) is 3.19. The van der Waals surface area contributed by atoms with Crippen LogP contribution in [0, 0.1) is 17.7 Å². The van der Waals surface area contributed by atoms with Crippen molar-refractivity contribution in [3.63, 3.8) is 0 Å². The van der Waals surface area contributed by atoms with Crippen LogP contribution in [0.25, 0.3) is 0 Å². The van der Waals surface area contributed by atoms with Gasteiger partial charge in [0.15, 0.2) is 0 Å². The zero-order valence-corrected chi connectivity index (χ0v) is 16.1. The number of nitrogens with zero attached hydrogens (tertiary/aromatic N) is 3. The van der Waals surface area contributed by atoms with Crippen LogP contribution in [0.5, 0.6) is 0 Å². The summed E-state index contributed by atoms with van der Waals surface area (Å²) in [5.74, 6) is 3.81. The van der Waals surface area contributed by atoms with Crippen molar-refractivity contribution in [3.8, 4) is 11.8 Å². The molecule has 0 radical (unpaired) electrons.